The van der Waals surface area contributed by atoms with Gasteiger partial charge in [-0.1, -0.05) is 17.7 Å². The lowest BCUT2D eigenvalue weighted by molar-refractivity contribution is -0.132. The molecule has 3 rings (SSSR count). The molecule has 0 aliphatic carbocycles. The third kappa shape index (κ3) is 4.34. The first-order valence-corrected chi connectivity index (χ1v) is 9.13. The molecule has 2 amide bonds. The van der Waals surface area contributed by atoms with Crippen LogP contribution in [0.4, 0.5) is 5.69 Å². The fraction of sp³-hybridized carbons (Fsp3) is 0.273. The first-order chi connectivity index (χ1) is 13.4. The van der Waals surface area contributed by atoms with Gasteiger partial charge in [0.1, 0.15) is 5.75 Å². The summed E-state index contributed by atoms with van der Waals surface area (Å²) in [7, 11) is 3.21. The molecule has 0 saturated heterocycles. The Morgan fingerprint density at radius 1 is 1.14 bits per heavy atom. The number of nitrogens with one attached hydrogen (secondary N) is 2. The quantitative estimate of drug-likeness (QED) is 0.689. The number of hydrogen-bond donors (Lipinski definition) is 2. The number of benzene rings is 2. The average Bonchev–Trinajstić information content (AvgIpc) is 2.96. The van der Waals surface area contributed by atoms with E-state index in [-0.39, 0.29) is 24.8 Å². The molecule has 146 valence electrons. The maximum atomic E-state index is 12.7. The van der Waals surface area contributed by atoms with E-state index in [1.807, 2.05) is 26.0 Å². The molecule has 6 nitrogen and oxygen atoms in total. The van der Waals surface area contributed by atoms with Crippen LogP contribution < -0.4 is 10.1 Å². The first kappa shape index (κ1) is 19.5. The molecule has 0 aliphatic rings. The highest BCUT2D eigenvalue weighted by Crippen LogP contribution is 2.24. The Labute approximate surface area is 164 Å². The summed E-state index contributed by atoms with van der Waals surface area (Å²) < 4.78 is 5.15. The van der Waals surface area contributed by atoms with E-state index in [9.17, 15) is 9.59 Å². The van der Waals surface area contributed by atoms with E-state index < -0.39 is 0 Å². The van der Waals surface area contributed by atoms with E-state index in [1.165, 1.54) is 4.90 Å². The molecule has 0 saturated carbocycles. The Bertz CT molecular complexity index is 1020. The van der Waals surface area contributed by atoms with E-state index in [0.717, 1.165) is 27.7 Å². The van der Waals surface area contributed by atoms with Gasteiger partial charge < -0.3 is 19.9 Å². The van der Waals surface area contributed by atoms with Gasteiger partial charge in [0.15, 0.2) is 0 Å². The van der Waals surface area contributed by atoms with Gasteiger partial charge in [0.25, 0.3) is 0 Å². The molecule has 0 atom stereocenters. The fourth-order valence-electron chi connectivity index (χ4n) is 3.22. The summed E-state index contributed by atoms with van der Waals surface area (Å²) in [5, 5.41) is 3.85. The van der Waals surface area contributed by atoms with Crippen LogP contribution in [-0.2, 0) is 16.0 Å². The Morgan fingerprint density at radius 2 is 1.93 bits per heavy atom. The van der Waals surface area contributed by atoms with Gasteiger partial charge in [-0.2, -0.15) is 0 Å². The molecule has 2 N–H and O–H groups in total. The van der Waals surface area contributed by atoms with Crippen LogP contribution in [0, 0.1) is 13.8 Å². The number of H-pyrrole nitrogens is 1. The van der Waals surface area contributed by atoms with Crippen molar-refractivity contribution in [1.29, 1.82) is 0 Å². The number of hydrogen-bond acceptors (Lipinski definition) is 3. The third-order valence-electron chi connectivity index (χ3n) is 4.76. The van der Waals surface area contributed by atoms with Crippen molar-refractivity contribution in [2.75, 3.05) is 26.0 Å². The zero-order chi connectivity index (χ0) is 20.3. The largest absolute Gasteiger partial charge is 0.497 e. The summed E-state index contributed by atoms with van der Waals surface area (Å²) in [5.41, 5.74) is 4.75. The fourth-order valence-corrected chi connectivity index (χ4v) is 3.22. The van der Waals surface area contributed by atoms with Crippen molar-refractivity contribution in [2.24, 2.45) is 0 Å². The van der Waals surface area contributed by atoms with Crippen LogP contribution in [0.25, 0.3) is 10.9 Å². The van der Waals surface area contributed by atoms with Crippen LogP contribution in [-0.4, -0.2) is 42.4 Å². The minimum Gasteiger partial charge on any atom is -0.497 e. The van der Waals surface area contributed by atoms with Crippen molar-refractivity contribution >= 4 is 28.4 Å². The molecule has 0 fully saturated rings. The predicted molar refractivity (Wildman–Crippen MR) is 111 cm³/mol. The van der Waals surface area contributed by atoms with E-state index in [1.54, 1.807) is 38.4 Å². The lowest BCUT2D eigenvalue weighted by Crippen LogP contribution is -2.35. The number of ether oxygens (including phenoxy) is 1. The SMILES string of the molecule is COc1cccc(NC(=O)CN(C)C(=O)Cc2c(C)[nH]c3ccc(C)cc23)c1. The number of rotatable bonds is 6. The normalized spacial score (nSPS) is 10.7. The Hall–Kier alpha value is -3.28. The van der Waals surface area contributed by atoms with Crippen LogP contribution in [0.15, 0.2) is 42.5 Å². The standard InChI is InChI=1S/C22H25N3O3/c1-14-8-9-20-19(10-14)18(15(2)23-20)12-22(27)25(3)13-21(26)24-16-6-5-7-17(11-16)28-4/h5-11,23H,12-13H2,1-4H3,(H,24,26). The van der Waals surface area contributed by atoms with Crippen LogP contribution >= 0.6 is 0 Å². The topological polar surface area (TPSA) is 74.4 Å². The highest BCUT2D eigenvalue weighted by atomic mass is 16.5. The molecular formula is C22H25N3O3. The molecular weight excluding hydrogens is 354 g/mol. The van der Waals surface area contributed by atoms with Gasteiger partial charge in [0.05, 0.1) is 20.1 Å². The van der Waals surface area contributed by atoms with Gasteiger partial charge in [-0.25, -0.2) is 0 Å². The zero-order valence-electron chi connectivity index (χ0n) is 16.6. The Balaban J connectivity index is 1.65. The van der Waals surface area contributed by atoms with Crippen molar-refractivity contribution in [1.82, 2.24) is 9.88 Å². The summed E-state index contributed by atoms with van der Waals surface area (Å²) in [6.07, 6.45) is 0.248. The minimum absolute atomic E-state index is 0.0174. The lowest BCUT2D eigenvalue weighted by atomic mass is 10.1. The van der Waals surface area contributed by atoms with Gasteiger partial charge in [-0.3, -0.25) is 9.59 Å². The molecule has 0 aliphatic heterocycles. The number of amides is 2. The predicted octanol–water partition coefficient (Wildman–Crippen LogP) is 3.43. The number of likely N-dealkylation sites (N-methyl/N-ethyl adjacent to an activating group) is 1. The average molecular weight is 379 g/mol. The summed E-state index contributed by atoms with van der Waals surface area (Å²) in [5.74, 6) is 0.300. The molecule has 0 radical (unpaired) electrons. The second-order valence-corrected chi connectivity index (χ2v) is 6.98. The lowest BCUT2D eigenvalue weighted by Gasteiger charge is -2.17. The molecule has 6 heteroatoms. The second-order valence-electron chi connectivity index (χ2n) is 6.98. The van der Waals surface area contributed by atoms with E-state index >= 15 is 0 Å². The number of fused-ring (bicyclic) bond motifs is 1. The third-order valence-corrected chi connectivity index (χ3v) is 4.76. The summed E-state index contributed by atoms with van der Waals surface area (Å²) in [6, 6.07) is 13.3. The highest BCUT2D eigenvalue weighted by Gasteiger charge is 2.17. The molecule has 28 heavy (non-hydrogen) atoms. The van der Waals surface area contributed by atoms with E-state index in [2.05, 4.69) is 16.4 Å². The van der Waals surface area contributed by atoms with Crippen molar-refractivity contribution in [3.63, 3.8) is 0 Å². The number of aromatic amines is 1. The smallest absolute Gasteiger partial charge is 0.243 e. The maximum absolute atomic E-state index is 12.7. The van der Waals surface area contributed by atoms with Crippen LogP contribution in [0.5, 0.6) is 5.75 Å². The highest BCUT2D eigenvalue weighted by molar-refractivity contribution is 5.96. The van der Waals surface area contributed by atoms with Crippen molar-refractivity contribution in [3.05, 3.63) is 59.3 Å². The maximum Gasteiger partial charge on any atom is 0.243 e. The summed E-state index contributed by atoms with van der Waals surface area (Å²) in [4.78, 5) is 29.8. The number of nitrogens with zero attached hydrogens (tertiary/aromatic N) is 1. The Kier molecular flexibility index (Phi) is 5.68. The van der Waals surface area contributed by atoms with Crippen molar-refractivity contribution in [2.45, 2.75) is 20.3 Å². The number of aromatic nitrogens is 1. The minimum atomic E-state index is -0.254. The zero-order valence-corrected chi connectivity index (χ0v) is 16.6. The van der Waals surface area contributed by atoms with Gasteiger partial charge in [-0.15, -0.1) is 0 Å². The molecule has 0 unspecified atom stereocenters. The monoisotopic (exact) mass is 379 g/mol. The molecule has 0 spiro atoms. The number of aryl methyl sites for hydroxylation is 2. The van der Waals surface area contributed by atoms with Crippen molar-refractivity contribution in [3.8, 4) is 5.75 Å². The first-order valence-electron chi connectivity index (χ1n) is 9.13. The van der Waals surface area contributed by atoms with Gasteiger partial charge >= 0.3 is 0 Å². The van der Waals surface area contributed by atoms with Crippen molar-refractivity contribution < 1.29 is 14.3 Å². The number of methoxy groups -OCH3 is 1. The molecule has 0 bridgehead atoms. The van der Waals surface area contributed by atoms with Crippen LogP contribution in [0.2, 0.25) is 0 Å². The number of carbonyl (C=O) groups excluding carboxylic acids is 2. The number of carbonyl (C=O) groups is 2. The van der Waals surface area contributed by atoms with E-state index in [0.29, 0.717) is 11.4 Å². The van der Waals surface area contributed by atoms with Gasteiger partial charge in [-0.05, 0) is 43.7 Å². The molecule has 2 aromatic carbocycles. The second kappa shape index (κ2) is 8.17. The molecule has 3 aromatic rings. The van der Waals surface area contributed by atoms with Gasteiger partial charge in [0.2, 0.25) is 11.8 Å². The molecule has 1 heterocycles. The molecule has 1 aromatic heterocycles. The van der Waals surface area contributed by atoms with Crippen LogP contribution in [0.1, 0.15) is 16.8 Å². The summed E-state index contributed by atoms with van der Waals surface area (Å²) in [6.45, 7) is 3.98. The summed E-state index contributed by atoms with van der Waals surface area (Å²) >= 11 is 0. The van der Waals surface area contributed by atoms with Gasteiger partial charge in [0, 0.05) is 35.4 Å². The number of anilines is 1. The van der Waals surface area contributed by atoms with Crippen LogP contribution in [0.3, 0.4) is 0 Å². The Morgan fingerprint density at radius 3 is 2.68 bits per heavy atom. The van der Waals surface area contributed by atoms with E-state index in [4.69, 9.17) is 4.74 Å².